The van der Waals surface area contributed by atoms with Crippen molar-refractivity contribution in [3.63, 3.8) is 0 Å². The molecule has 29 heavy (non-hydrogen) atoms. The molecule has 0 bridgehead atoms. The van der Waals surface area contributed by atoms with Crippen molar-refractivity contribution in [1.29, 1.82) is 0 Å². The molecule has 0 spiro atoms. The molecule has 152 valence electrons. The van der Waals surface area contributed by atoms with Crippen LogP contribution in [0.1, 0.15) is 31.9 Å². The van der Waals surface area contributed by atoms with E-state index in [1.807, 2.05) is 41.8 Å². The Morgan fingerprint density at radius 2 is 1.69 bits per heavy atom. The summed E-state index contributed by atoms with van der Waals surface area (Å²) in [4.78, 5) is 12.6. The van der Waals surface area contributed by atoms with Crippen LogP contribution in [0.4, 0.5) is 5.69 Å². The van der Waals surface area contributed by atoms with Crippen LogP contribution in [0.5, 0.6) is 0 Å². The first-order valence-corrected chi connectivity index (χ1v) is 11.2. The molecule has 5 nitrogen and oxygen atoms in total. The molecule has 3 aromatic rings. The molecule has 0 saturated carbocycles. The lowest BCUT2D eigenvalue weighted by Gasteiger charge is -2.14. The molecule has 3 rings (SSSR count). The third-order valence-electron chi connectivity index (χ3n) is 4.73. The van der Waals surface area contributed by atoms with Gasteiger partial charge in [0.15, 0.2) is 11.0 Å². The monoisotopic (exact) mass is 428 g/mol. The first-order valence-electron chi connectivity index (χ1n) is 9.79. The van der Waals surface area contributed by atoms with Crippen molar-refractivity contribution in [3.8, 4) is 11.4 Å². The molecule has 0 aliphatic carbocycles. The number of halogens is 1. The maximum absolute atomic E-state index is 12.6. The van der Waals surface area contributed by atoms with E-state index in [9.17, 15) is 4.79 Å². The second-order valence-electron chi connectivity index (χ2n) is 6.55. The largest absolute Gasteiger partial charge is 0.325 e. The van der Waals surface area contributed by atoms with E-state index in [1.54, 1.807) is 0 Å². The van der Waals surface area contributed by atoms with Crippen LogP contribution >= 0.6 is 23.4 Å². The van der Waals surface area contributed by atoms with E-state index in [2.05, 4.69) is 41.5 Å². The van der Waals surface area contributed by atoms with E-state index in [1.165, 1.54) is 11.8 Å². The number of aryl methyl sites for hydroxylation is 2. The fraction of sp³-hybridized carbons (Fsp3) is 0.318. The molecule has 0 aliphatic rings. The maximum Gasteiger partial charge on any atom is 0.234 e. The number of nitrogens with one attached hydrogen (secondary N) is 1. The van der Waals surface area contributed by atoms with E-state index in [4.69, 9.17) is 11.6 Å². The lowest BCUT2D eigenvalue weighted by Crippen LogP contribution is -2.17. The fourth-order valence-corrected chi connectivity index (χ4v) is 4.13. The highest BCUT2D eigenvalue weighted by atomic mass is 35.5. The first kappa shape index (κ1) is 21.4. The Labute approximate surface area is 180 Å². The van der Waals surface area contributed by atoms with Gasteiger partial charge in [0.1, 0.15) is 0 Å². The molecule has 1 heterocycles. The summed E-state index contributed by atoms with van der Waals surface area (Å²) in [5, 5.41) is 13.1. The van der Waals surface area contributed by atoms with Crippen molar-refractivity contribution in [2.75, 3.05) is 11.1 Å². The second-order valence-corrected chi connectivity index (χ2v) is 7.93. The predicted octanol–water partition coefficient (Wildman–Crippen LogP) is 5.47. The number of hydrogen-bond donors (Lipinski definition) is 1. The fourth-order valence-electron chi connectivity index (χ4n) is 3.20. The summed E-state index contributed by atoms with van der Waals surface area (Å²) in [6.07, 6.45) is 1.76. The third-order valence-corrected chi connectivity index (χ3v) is 5.95. The summed E-state index contributed by atoms with van der Waals surface area (Å²) in [5.74, 6) is 1.01. The molecule has 0 aliphatic heterocycles. The second kappa shape index (κ2) is 9.94. The van der Waals surface area contributed by atoms with Crippen molar-refractivity contribution in [2.45, 2.75) is 45.3 Å². The van der Waals surface area contributed by atoms with E-state index in [0.717, 1.165) is 46.2 Å². The highest BCUT2D eigenvalue weighted by Gasteiger charge is 2.16. The number of thioether (sulfide) groups is 1. The van der Waals surface area contributed by atoms with Crippen LogP contribution in [-0.2, 0) is 24.2 Å². The predicted molar refractivity (Wildman–Crippen MR) is 121 cm³/mol. The standard InChI is InChI=1S/C22H25ClN4OS/c1-4-15-8-7-9-16(5-2)20(15)24-19(28)14-29-22-26-25-21(27(22)6-3)17-10-12-18(23)13-11-17/h7-13H,4-6,14H2,1-3H3,(H,24,28). The minimum absolute atomic E-state index is 0.0377. The molecule has 1 amide bonds. The van der Waals surface area contributed by atoms with Crippen LogP contribution in [0.2, 0.25) is 5.02 Å². The summed E-state index contributed by atoms with van der Waals surface area (Å²) in [6, 6.07) is 13.7. The normalized spacial score (nSPS) is 10.9. The summed E-state index contributed by atoms with van der Waals surface area (Å²) >= 11 is 7.38. The molecule has 0 unspecified atom stereocenters. The molecule has 7 heteroatoms. The Morgan fingerprint density at radius 3 is 2.28 bits per heavy atom. The number of aromatic nitrogens is 3. The average Bonchev–Trinajstić information content (AvgIpc) is 3.15. The minimum Gasteiger partial charge on any atom is -0.325 e. The number of anilines is 1. The van der Waals surface area contributed by atoms with Crippen LogP contribution in [0.3, 0.4) is 0 Å². The molecule has 0 radical (unpaired) electrons. The highest BCUT2D eigenvalue weighted by Crippen LogP contribution is 2.26. The average molecular weight is 429 g/mol. The zero-order chi connectivity index (χ0) is 20.8. The third kappa shape index (κ3) is 5.00. The van der Waals surface area contributed by atoms with E-state index >= 15 is 0 Å². The van der Waals surface area contributed by atoms with Crippen LogP contribution in [-0.4, -0.2) is 26.4 Å². The Balaban J connectivity index is 1.72. The van der Waals surface area contributed by atoms with Crippen LogP contribution in [0, 0.1) is 0 Å². The van der Waals surface area contributed by atoms with Crippen molar-refractivity contribution in [2.24, 2.45) is 0 Å². The minimum atomic E-state index is -0.0377. The van der Waals surface area contributed by atoms with Gasteiger partial charge in [0, 0.05) is 22.8 Å². The van der Waals surface area contributed by atoms with Crippen LogP contribution in [0.25, 0.3) is 11.4 Å². The Morgan fingerprint density at radius 1 is 1.03 bits per heavy atom. The van der Waals surface area contributed by atoms with Gasteiger partial charge in [0.25, 0.3) is 0 Å². The molecule has 0 saturated heterocycles. The maximum atomic E-state index is 12.6. The zero-order valence-corrected chi connectivity index (χ0v) is 18.5. The molecule has 2 aromatic carbocycles. The van der Waals surface area contributed by atoms with Gasteiger partial charge in [-0.05, 0) is 55.2 Å². The number of amides is 1. The highest BCUT2D eigenvalue weighted by molar-refractivity contribution is 7.99. The van der Waals surface area contributed by atoms with Gasteiger partial charge in [-0.1, -0.05) is 55.4 Å². The Hall–Kier alpha value is -2.31. The van der Waals surface area contributed by atoms with E-state index < -0.39 is 0 Å². The number of rotatable bonds is 8. The number of hydrogen-bond acceptors (Lipinski definition) is 4. The summed E-state index contributed by atoms with van der Waals surface area (Å²) in [6.45, 7) is 6.95. The smallest absolute Gasteiger partial charge is 0.234 e. The molecule has 0 atom stereocenters. The number of nitrogens with zero attached hydrogens (tertiary/aromatic N) is 3. The topological polar surface area (TPSA) is 59.8 Å². The molecule has 1 aromatic heterocycles. The summed E-state index contributed by atoms with van der Waals surface area (Å²) < 4.78 is 2.01. The summed E-state index contributed by atoms with van der Waals surface area (Å²) in [7, 11) is 0. The SMILES string of the molecule is CCc1cccc(CC)c1NC(=O)CSc1nnc(-c2ccc(Cl)cc2)n1CC. The van der Waals surface area contributed by atoms with Gasteiger partial charge in [-0.25, -0.2) is 0 Å². The quantitative estimate of drug-likeness (QED) is 0.483. The van der Waals surface area contributed by atoms with Gasteiger partial charge < -0.3 is 9.88 Å². The molecule has 1 N–H and O–H groups in total. The van der Waals surface area contributed by atoms with Crippen molar-refractivity contribution in [3.05, 3.63) is 58.6 Å². The van der Waals surface area contributed by atoms with Gasteiger partial charge in [-0.3, -0.25) is 4.79 Å². The lowest BCUT2D eigenvalue weighted by atomic mass is 10.0. The lowest BCUT2D eigenvalue weighted by molar-refractivity contribution is -0.113. The van der Waals surface area contributed by atoms with Crippen molar-refractivity contribution in [1.82, 2.24) is 14.8 Å². The Kier molecular flexibility index (Phi) is 7.34. The molecular formula is C22H25ClN4OS. The van der Waals surface area contributed by atoms with Crippen LogP contribution in [0.15, 0.2) is 47.6 Å². The van der Waals surface area contributed by atoms with E-state index in [0.29, 0.717) is 11.6 Å². The first-order chi connectivity index (χ1) is 14.1. The summed E-state index contributed by atoms with van der Waals surface area (Å²) in [5.41, 5.74) is 4.21. The zero-order valence-electron chi connectivity index (χ0n) is 16.9. The van der Waals surface area contributed by atoms with Crippen molar-refractivity contribution >= 4 is 35.0 Å². The van der Waals surface area contributed by atoms with Crippen LogP contribution < -0.4 is 5.32 Å². The van der Waals surface area contributed by atoms with Gasteiger partial charge in [-0.15, -0.1) is 10.2 Å². The van der Waals surface area contributed by atoms with Gasteiger partial charge >= 0.3 is 0 Å². The van der Waals surface area contributed by atoms with Gasteiger partial charge in [0.05, 0.1) is 5.75 Å². The number of benzene rings is 2. The van der Waals surface area contributed by atoms with Gasteiger partial charge in [0.2, 0.25) is 5.91 Å². The number of carbonyl (C=O) groups excluding carboxylic acids is 1. The molecule has 0 fully saturated rings. The number of para-hydroxylation sites is 1. The van der Waals surface area contributed by atoms with E-state index in [-0.39, 0.29) is 11.7 Å². The number of carbonyl (C=O) groups is 1. The van der Waals surface area contributed by atoms with Crippen molar-refractivity contribution < 1.29 is 4.79 Å². The molecular weight excluding hydrogens is 404 g/mol. The Bertz CT molecular complexity index is 963. The van der Waals surface area contributed by atoms with Gasteiger partial charge in [-0.2, -0.15) is 0 Å².